The number of carbonyl (C=O) groups excluding carboxylic acids is 2. The summed E-state index contributed by atoms with van der Waals surface area (Å²) in [5.74, 6) is -1.06. The molecular formula is C27H28Cl3N3O4S. The van der Waals surface area contributed by atoms with Crippen LogP contribution in [0.3, 0.4) is 0 Å². The summed E-state index contributed by atoms with van der Waals surface area (Å²) < 4.78 is 28.4. The predicted molar refractivity (Wildman–Crippen MR) is 152 cm³/mol. The van der Waals surface area contributed by atoms with Crippen molar-refractivity contribution in [2.24, 2.45) is 0 Å². The van der Waals surface area contributed by atoms with Gasteiger partial charge in [0, 0.05) is 28.2 Å². The molecule has 0 spiro atoms. The molecule has 1 unspecified atom stereocenters. The van der Waals surface area contributed by atoms with Gasteiger partial charge in [0.05, 0.1) is 15.6 Å². The molecule has 0 heterocycles. The van der Waals surface area contributed by atoms with Crippen LogP contribution in [-0.4, -0.2) is 43.8 Å². The van der Waals surface area contributed by atoms with Crippen LogP contribution in [0.25, 0.3) is 0 Å². The second kappa shape index (κ2) is 12.8. The molecule has 1 N–H and O–H groups in total. The van der Waals surface area contributed by atoms with Crippen LogP contribution in [0.5, 0.6) is 0 Å². The van der Waals surface area contributed by atoms with Crippen molar-refractivity contribution in [2.75, 3.05) is 10.8 Å². The van der Waals surface area contributed by atoms with Crippen molar-refractivity contribution in [1.29, 1.82) is 0 Å². The molecule has 7 nitrogen and oxygen atoms in total. The first-order valence-corrected chi connectivity index (χ1v) is 14.4. The molecule has 0 saturated carbocycles. The van der Waals surface area contributed by atoms with Gasteiger partial charge in [0.1, 0.15) is 12.6 Å². The zero-order valence-corrected chi connectivity index (χ0v) is 24.2. The highest BCUT2D eigenvalue weighted by Gasteiger charge is 2.33. The lowest BCUT2D eigenvalue weighted by Gasteiger charge is -2.32. The summed E-state index contributed by atoms with van der Waals surface area (Å²) in [5, 5.41) is 3.56. The van der Waals surface area contributed by atoms with E-state index >= 15 is 0 Å². The van der Waals surface area contributed by atoms with Crippen molar-refractivity contribution in [3.63, 3.8) is 0 Å². The first kappa shape index (κ1) is 29.8. The molecule has 0 bridgehead atoms. The van der Waals surface area contributed by atoms with E-state index in [1.165, 1.54) is 29.2 Å². The van der Waals surface area contributed by atoms with E-state index in [1.807, 2.05) is 0 Å². The molecular weight excluding hydrogens is 569 g/mol. The Hall–Kier alpha value is -2.78. The van der Waals surface area contributed by atoms with Crippen LogP contribution >= 0.6 is 34.8 Å². The Morgan fingerprint density at radius 1 is 0.816 bits per heavy atom. The van der Waals surface area contributed by atoms with Gasteiger partial charge in [-0.25, -0.2) is 8.42 Å². The number of rotatable bonds is 10. The number of anilines is 1. The lowest BCUT2D eigenvalue weighted by Crippen LogP contribution is -2.52. The Morgan fingerprint density at radius 2 is 1.37 bits per heavy atom. The number of carbonyl (C=O) groups is 2. The van der Waals surface area contributed by atoms with Gasteiger partial charge >= 0.3 is 0 Å². The highest BCUT2D eigenvalue weighted by atomic mass is 35.5. The van der Waals surface area contributed by atoms with Gasteiger partial charge in [0.25, 0.3) is 10.0 Å². The minimum Gasteiger partial charge on any atom is -0.352 e. The highest BCUT2D eigenvalue weighted by molar-refractivity contribution is 7.92. The Kier molecular flexibility index (Phi) is 10.1. The predicted octanol–water partition coefficient (Wildman–Crippen LogP) is 5.78. The quantitative estimate of drug-likeness (QED) is 0.321. The fourth-order valence-corrected chi connectivity index (χ4v) is 5.99. The van der Waals surface area contributed by atoms with E-state index in [0.29, 0.717) is 15.6 Å². The number of nitrogens with zero attached hydrogens (tertiary/aromatic N) is 2. The number of halogens is 3. The molecule has 0 aliphatic carbocycles. The van der Waals surface area contributed by atoms with Crippen LogP contribution in [0, 0.1) is 0 Å². The minimum atomic E-state index is -4.21. The monoisotopic (exact) mass is 595 g/mol. The molecule has 38 heavy (non-hydrogen) atoms. The Labute approximate surface area is 238 Å². The molecule has 3 aromatic rings. The van der Waals surface area contributed by atoms with Crippen LogP contribution in [0.4, 0.5) is 5.69 Å². The lowest BCUT2D eigenvalue weighted by atomic mass is 10.1. The van der Waals surface area contributed by atoms with Crippen molar-refractivity contribution in [3.8, 4) is 0 Å². The van der Waals surface area contributed by atoms with Crippen LogP contribution in [0.1, 0.15) is 26.3 Å². The SMILES string of the molecule is CC(C)NC(=O)C(C)N(Cc1c(Cl)cccc1Cl)C(=O)CN(c1ccccc1Cl)S(=O)(=O)c1ccccc1. The number of nitrogens with one attached hydrogen (secondary N) is 1. The smallest absolute Gasteiger partial charge is 0.264 e. The Morgan fingerprint density at radius 3 is 1.95 bits per heavy atom. The molecule has 1 atom stereocenters. The van der Waals surface area contributed by atoms with Crippen molar-refractivity contribution in [3.05, 3.63) is 93.4 Å². The van der Waals surface area contributed by atoms with E-state index in [4.69, 9.17) is 34.8 Å². The van der Waals surface area contributed by atoms with Crippen LogP contribution in [-0.2, 0) is 26.2 Å². The normalized spacial score (nSPS) is 12.2. The lowest BCUT2D eigenvalue weighted by molar-refractivity contribution is -0.139. The standard InChI is InChI=1S/C27H28Cl3N3O4S/c1-18(2)31-27(35)19(3)32(16-21-22(28)13-9-14-23(21)29)26(34)17-33(25-15-8-7-12-24(25)30)38(36,37)20-10-5-4-6-11-20/h4-15,18-19H,16-17H2,1-3H3,(H,31,35). The summed E-state index contributed by atoms with van der Waals surface area (Å²) >= 11 is 19.1. The largest absolute Gasteiger partial charge is 0.352 e. The summed E-state index contributed by atoms with van der Waals surface area (Å²) in [6.45, 7) is 4.42. The minimum absolute atomic E-state index is 0.0148. The second-order valence-electron chi connectivity index (χ2n) is 8.84. The maximum absolute atomic E-state index is 13.9. The average molecular weight is 597 g/mol. The molecule has 0 fully saturated rings. The third-order valence-electron chi connectivity index (χ3n) is 5.72. The molecule has 0 aromatic heterocycles. The van der Waals surface area contributed by atoms with E-state index in [-0.39, 0.29) is 28.2 Å². The molecule has 3 rings (SSSR count). The third-order valence-corrected chi connectivity index (χ3v) is 8.52. The molecule has 202 valence electrons. The van der Waals surface area contributed by atoms with Gasteiger partial charge in [0.2, 0.25) is 11.8 Å². The molecule has 11 heteroatoms. The number of hydrogen-bond acceptors (Lipinski definition) is 4. The first-order chi connectivity index (χ1) is 17.9. The number of para-hydroxylation sites is 1. The molecule has 2 amide bonds. The highest BCUT2D eigenvalue weighted by Crippen LogP contribution is 2.31. The van der Waals surface area contributed by atoms with Crippen molar-refractivity contribution in [2.45, 2.75) is 44.3 Å². The van der Waals surface area contributed by atoms with E-state index in [0.717, 1.165) is 4.31 Å². The van der Waals surface area contributed by atoms with Gasteiger partial charge in [-0.3, -0.25) is 13.9 Å². The molecule has 0 radical (unpaired) electrons. The molecule has 3 aromatic carbocycles. The first-order valence-electron chi connectivity index (χ1n) is 11.8. The van der Waals surface area contributed by atoms with Gasteiger partial charge in [0.15, 0.2) is 0 Å². The second-order valence-corrected chi connectivity index (χ2v) is 11.9. The fraction of sp³-hybridized carbons (Fsp3) is 0.259. The third kappa shape index (κ3) is 6.99. The molecule has 0 aliphatic rings. The molecule has 0 saturated heterocycles. The van der Waals surface area contributed by atoms with Gasteiger partial charge < -0.3 is 10.2 Å². The summed E-state index contributed by atoms with van der Waals surface area (Å²) in [6.07, 6.45) is 0. The van der Waals surface area contributed by atoms with E-state index in [1.54, 1.807) is 69.3 Å². The number of sulfonamides is 1. The van der Waals surface area contributed by atoms with E-state index < -0.39 is 34.4 Å². The zero-order chi connectivity index (χ0) is 28.0. The van der Waals surface area contributed by atoms with Gasteiger partial charge in [-0.1, -0.05) is 71.2 Å². The van der Waals surface area contributed by atoms with Gasteiger partial charge in [-0.15, -0.1) is 0 Å². The van der Waals surface area contributed by atoms with Crippen molar-refractivity contribution in [1.82, 2.24) is 10.2 Å². The Balaban J connectivity index is 2.07. The van der Waals surface area contributed by atoms with Crippen LogP contribution < -0.4 is 9.62 Å². The summed E-state index contributed by atoms with van der Waals surface area (Å²) in [7, 11) is -4.21. The van der Waals surface area contributed by atoms with Crippen LogP contribution in [0.15, 0.2) is 77.7 Å². The van der Waals surface area contributed by atoms with E-state index in [9.17, 15) is 18.0 Å². The number of benzene rings is 3. The zero-order valence-electron chi connectivity index (χ0n) is 21.1. The summed E-state index contributed by atoms with van der Waals surface area (Å²) in [4.78, 5) is 28.1. The topological polar surface area (TPSA) is 86.8 Å². The average Bonchev–Trinajstić information content (AvgIpc) is 2.87. The Bertz CT molecular complexity index is 1380. The van der Waals surface area contributed by atoms with Crippen molar-refractivity contribution >= 4 is 62.3 Å². The van der Waals surface area contributed by atoms with Crippen LogP contribution in [0.2, 0.25) is 15.1 Å². The van der Waals surface area contributed by atoms with Gasteiger partial charge in [-0.05, 0) is 57.2 Å². The van der Waals surface area contributed by atoms with E-state index in [2.05, 4.69) is 5.32 Å². The van der Waals surface area contributed by atoms with Gasteiger partial charge in [-0.2, -0.15) is 0 Å². The number of hydrogen-bond donors (Lipinski definition) is 1. The fourth-order valence-electron chi connectivity index (χ4n) is 3.73. The summed E-state index contributed by atoms with van der Waals surface area (Å²) in [6, 6.07) is 17.8. The maximum atomic E-state index is 13.9. The maximum Gasteiger partial charge on any atom is 0.264 e. The summed E-state index contributed by atoms with van der Waals surface area (Å²) in [5.41, 5.74) is 0.560. The molecule has 0 aliphatic heterocycles. The number of amides is 2. The van der Waals surface area contributed by atoms with Crippen molar-refractivity contribution < 1.29 is 18.0 Å².